The predicted octanol–water partition coefficient (Wildman–Crippen LogP) is 8.19. The van der Waals surface area contributed by atoms with Crippen LogP contribution in [-0.4, -0.2) is 45.8 Å². The van der Waals surface area contributed by atoms with Crippen molar-refractivity contribution in [3.05, 3.63) is 149 Å². The summed E-state index contributed by atoms with van der Waals surface area (Å²) >= 11 is 6.39. The number of hydrazine groups is 1. The van der Waals surface area contributed by atoms with Gasteiger partial charge in [-0.05, 0) is 115 Å². The molecule has 6 aromatic rings. The lowest BCUT2D eigenvalue weighted by atomic mass is 9.49. The van der Waals surface area contributed by atoms with Gasteiger partial charge in [0, 0.05) is 22.1 Å². The molecular formula is C46H34ClFN4O7. The van der Waals surface area contributed by atoms with Crippen LogP contribution in [0.3, 0.4) is 0 Å². The molecule has 13 heteroatoms. The topological polar surface area (TPSA) is 142 Å². The molecule has 59 heavy (non-hydrogen) atoms. The summed E-state index contributed by atoms with van der Waals surface area (Å²) in [5.41, 5.74) is 5.38. The van der Waals surface area contributed by atoms with Crippen LogP contribution in [0.25, 0.3) is 22.6 Å². The third-order valence-electron chi connectivity index (χ3n) is 12.5. The number of hydrogen-bond donors (Lipinski definition) is 2. The summed E-state index contributed by atoms with van der Waals surface area (Å²) in [6.07, 6.45) is 2.12. The minimum absolute atomic E-state index is 0.0343. The van der Waals surface area contributed by atoms with Crippen LogP contribution in [0.4, 0.5) is 15.8 Å². The van der Waals surface area contributed by atoms with Gasteiger partial charge in [0.2, 0.25) is 17.7 Å². The van der Waals surface area contributed by atoms with Crippen molar-refractivity contribution in [3.8, 4) is 23.0 Å². The van der Waals surface area contributed by atoms with Crippen molar-refractivity contribution in [2.24, 2.45) is 23.7 Å². The Labute approximate surface area is 341 Å². The van der Waals surface area contributed by atoms with Crippen LogP contribution in [0.15, 0.2) is 131 Å². The number of anilines is 2. The van der Waals surface area contributed by atoms with Crippen molar-refractivity contribution in [1.29, 1.82) is 0 Å². The van der Waals surface area contributed by atoms with Gasteiger partial charge in [-0.2, -0.15) is 5.01 Å². The number of nitrogens with one attached hydrogen (secondary N) is 1. The summed E-state index contributed by atoms with van der Waals surface area (Å²) in [6.45, 7) is 0. The molecule has 2 saturated heterocycles. The van der Waals surface area contributed by atoms with E-state index in [9.17, 15) is 23.9 Å². The van der Waals surface area contributed by atoms with Gasteiger partial charge in [0.05, 0.1) is 41.7 Å². The third kappa shape index (κ3) is 5.50. The highest BCUT2D eigenvalue weighted by molar-refractivity contribution is 6.30. The number of halogens is 2. The number of phenols is 1. The van der Waals surface area contributed by atoms with E-state index in [-0.39, 0.29) is 24.5 Å². The van der Waals surface area contributed by atoms with Crippen LogP contribution in [0.5, 0.6) is 11.5 Å². The van der Waals surface area contributed by atoms with Crippen molar-refractivity contribution in [2.45, 2.75) is 24.2 Å². The van der Waals surface area contributed by atoms with Crippen molar-refractivity contribution >= 4 is 57.7 Å². The van der Waals surface area contributed by atoms with Gasteiger partial charge >= 0.3 is 0 Å². The molecule has 11 nitrogen and oxygen atoms in total. The number of ether oxygens (including phenoxy) is 1. The fourth-order valence-electron chi connectivity index (χ4n) is 9.89. The Morgan fingerprint density at radius 1 is 0.881 bits per heavy atom. The van der Waals surface area contributed by atoms with Crippen molar-refractivity contribution in [3.63, 3.8) is 0 Å². The maximum atomic E-state index is 15.4. The summed E-state index contributed by atoms with van der Waals surface area (Å²) in [4.78, 5) is 65.2. The molecule has 10 rings (SSSR count). The number of imide groups is 2. The number of carbonyl (C=O) groups is 4. The molecule has 4 amide bonds. The Hall–Kier alpha value is -6.79. The van der Waals surface area contributed by atoms with E-state index in [2.05, 4.69) is 10.4 Å². The van der Waals surface area contributed by atoms with Crippen molar-refractivity contribution in [1.82, 2.24) is 9.99 Å². The number of amides is 4. The van der Waals surface area contributed by atoms with Gasteiger partial charge < -0.3 is 14.3 Å². The van der Waals surface area contributed by atoms with Gasteiger partial charge in [0.15, 0.2) is 5.58 Å². The number of phenolic OH excluding ortho intramolecular Hbond substituents is 1. The van der Waals surface area contributed by atoms with E-state index < -0.39 is 58.5 Å². The Morgan fingerprint density at radius 3 is 2.36 bits per heavy atom. The monoisotopic (exact) mass is 808 g/mol. The third-order valence-corrected chi connectivity index (χ3v) is 12.7. The number of benzene rings is 5. The molecule has 2 aliphatic carbocycles. The summed E-state index contributed by atoms with van der Waals surface area (Å²) in [6, 6.07) is 30.9. The average Bonchev–Trinajstić information content (AvgIpc) is 3.86. The smallest absolute Gasteiger partial charge is 0.260 e. The Kier molecular flexibility index (Phi) is 8.46. The predicted molar refractivity (Wildman–Crippen MR) is 216 cm³/mol. The number of aromatic hydroxyl groups is 1. The number of methoxy groups -OCH3 is 1. The largest absolute Gasteiger partial charge is 0.508 e. The van der Waals surface area contributed by atoms with E-state index in [0.717, 1.165) is 5.01 Å². The maximum absolute atomic E-state index is 15.4. The van der Waals surface area contributed by atoms with Crippen LogP contribution in [-0.2, 0) is 24.6 Å². The first kappa shape index (κ1) is 36.5. The molecule has 2 aliphatic heterocycles. The molecule has 2 N–H and O–H groups in total. The van der Waals surface area contributed by atoms with E-state index in [1.807, 2.05) is 30.3 Å². The molecule has 3 fully saturated rings. The van der Waals surface area contributed by atoms with Crippen molar-refractivity contribution < 1.29 is 37.8 Å². The van der Waals surface area contributed by atoms with Crippen LogP contribution in [0.1, 0.15) is 29.9 Å². The van der Waals surface area contributed by atoms with Gasteiger partial charge in [-0.3, -0.25) is 29.5 Å². The molecule has 1 aromatic heterocycles. The molecule has 0 unspecified atom stereocenters. The quantitative estimate of drug-likeness (QED) is 0.121. The minimum atomic E-state index is -1.67. The molecule has 1 saturated carbocycles. The maximum Gasteiger partial charge on any atom is 0.260 e. The number of para-hydroxylation sites is 2. The summed E-state index contributed by atoms with van der Waals surface area (Å²) < 4.78 is 25.5. The molecule has 0 spiro atoms. The van der Waals surface area contributed by atoms with E-state index >= 15 is 4.79 Å². The van der Waals surface area contributed by atoms with E-state index in [4.69, 9.17) is 20.8 Å². The number of oxazole rings is 1. The normalized spacial score (nSPS) is 24.9. The number of aromatic nitrogens is 1. The first-order valence-electron chi connectivity index (χ1n) is 19.2. The fraction of sp³-hybridized carbons (Fsp3) is 0.196. The zero-order valence-corrected chi connectivity index (χ0v) is 32.1. The van der Waals surface area contributed by atoms with Gasteiger partial charge in [-0.1, -0.05) is 47.5 Å². The number of rotatable bonds is 7. The van der Waals surface area contributed by atoms with Crippen LogP contribution < -0.4 is 15.1 Å². The lowest BCUT2D eigenvalue weighted by molar-refractivity contribution is -0.138. The second-order valence-corrected chi connectivity index (χ2v) is 15.8. The first-order chi connectivity index (χ1) is 28.6. The molecule has 0 bridgehead atoms. The van der Waals surface area contributed by atoms with Gasteiger partial charge in [-0.15, -0.1) is 0 Å². The number of carbonyl (C=O) groups excluding carboxylic acids is 4. The highest BCUT2D eigenvalue weighted by Gasteiger charge is 2.70. The van der Waals surface area contributed by atoms with Crippen LogP contribution in [0, 0.1) is 29.5 Å². The Morgan fingerprint density at radius 2 is 1.63 bits per heavy atom. The molecule has 3 heterocycles. The lowest BCUT2D eigenvalue weighted by Gasteiger charge is -2.50. The first-order valence-corrected chi connectivity index (χ1v) is 19.5. The van der Waals surface area contributed by atoms with Crippen LogP contribution >= 0.6 is 11.6 Å². The summed E-state index contributed by atoms with van der Waals surface area (Å²) in [7, 11) is 1.48. The molecule has 0 radical (unpaired) electrons. The Bertz CT molecular complexity index is 2720. The minimum Gasteiger partial charge on any atom is -0.508 e. The number of hydrogen-bond acceptors (Lipinski definition) is 9. The highest BCUT2D eigenvalue weighted by Crippen LogP contribution is 2.65. The van der Waals surface area contributed by atoms with Crippen molar-refractivity contribution in [2.75, 3.05) is 17.4 Å². The Balaban J connectivity index is 1.09. The van der Waals surface area contributed by atoms with E-state index in [0.29, 0.717) is 61.4 Å². The zero-order chi connectivity index (χ0) is 40.7. The van der Waals surface area contributed by atoms with Gasteiger partial charge in [0.25, 0.3) is 11.8 Å². The fourth-order valence-corrected chi connectivity index (χ4v) is 10.0. The SMILES string of the molecule is COc1ccc(O)c([C@H]2C3=CC[C@@H]4C(=O)N(c5ccc(-c6nc7ccccc7o6)cc5)C(=O)[C@@H]4[C@@H]3C[C@H]3C(=O)N(Nc4ccc(F)cc4)C(=O)[C@@]23c2ccc(Cl)cc2)c1. The lowest BCUT2D eigenvalue weighted by Crippen LogP contribution is -2.53. The molecule has 5 aromatic carbocycles. The van der Waals surface area contributed by atoms with E-state index in [1.165, 1.54) is 42.3 Å². The van der Waals surface area contributed by atoms with E-state index in [1.54, 1.807) is 60.7 Å². The number of allylic oxidation sites excluding steroid dienone is 2. The number of nitrogens with zero attached hydrogens (tertiary/aromatic N) is 3. The second kappa shape index (κ2) is 13.7. The zero-order valence-electron chi connectivity index (χ0n) is 31.3. The molecule has 294 valence electrons. The van der Waals surface area contributed by atoms with Gasteiger partial charge in [0.1, 0.15) is 22.8 Å². The molecular weight excluding hydrogens is 775 g/mol. The molecule has 4 aliphatic rings. The van der Waals surface area contributed by atoms with Crippen LogP contribution in [0.2, 0.25) is 5.02 Å². The summed E-state index contributed by atoms with van der Waals surface area (Å²) in [5, 5.41) is 13.1. The highest BCUT2D eigenvalue weighted by atomic mass is 35.5. The second-order valence-electron chi connectivity index (χ2n) is 15.3. The van der Waals surface area contributed by atoms with Gasteiger partial charge in [-0.25, -0.2) is 9.37 Å². The molecule has 6 atom stereocenters. The standard InChI is InChI=1S/C46H34ClFN4O7/c1-58-30-18-21-37(53)34(22-30)40-31-19-20-32-39(44(56)51(42(32)54)29-16-6-24(7-17-29)41-49-36-4-2-3-5-38(36)59-41)33(31)23-35-43(55)52(50-28-14-12-27(48)13-15-28)45(57)46(35,40)25-8-10-26(47)11-9-25/h2-19,21-22,32-33,35,39-40,50,53H,20,23H2,1H3/t32-,33+,35-,39-,40+,46+/m0/s1. The summed E-state index contributed by atoms with van der Waals surface area (Å²) in [5.74, 6) is -6.21. The number of fused-ring (bicyclic) bond motifs is 5. The average molecular weight is 809 g/mol.